The Morgan fingerprint density at radius 3 is 2.50 bits per heavy atom. The lowest BCUT2D eigenvalue weighted by Gasteiger charge is -2.00. The van der Waals surface area contributed by atoms with E-state index in [4.69, 9.17) is 22.1 Å². The molecule has 16 heavy (non-hydrogen) atoms. The van der Waals surface area contributed by atoms with E-state index in [0.29, 0.717) is 0 Å². The van der Waals surface area contributed by atoms with Gasteiger partial charge in [0, 0.05) is 7.05 Å². The smallest absolute Gasteiger partial charge is 0.296 e. The molecule has 1 aromatic rings. The Morgan fingerprint density at radius 2 is 2.00 bits per heavy atom. The molecule has 1 aliphatic heterocycles. The zero-order valence-electron chi connectivity index (χ0n) is 8.51. The van der Waals surface area contributed by atoms with Gasteiger partial charge in [-0.2, -0.15) is 0 Å². The molecule has 0 atom stereocenters. The van der Waals surface area contributed by atoms with E-state index >= 15 is 0 Å². The van der Waals surface area contributed by atoms with Crippen LogP contribution >= 0.6 is 12.2 Å². The molecule has 1 aromatic carbocycles. The van der Waals surface area contributed by atoms with Crippen LogP contribution in [-0.4, -0.2) is 28.1 Å². The van der Waals surface area contributed by atoms with Crippen LogP contribution in [0.25, 0.3) is 6.08 Å². The highest BCUT2D eigenvalue weighted by molar-refractivity contribution is 7.80. The molecule has 1 fully saturated rings. The van der Waals surface area contributed by atoms with Crippen LogP contribution in [0.15, 0.2) is 30.0 Å². The van der Waals surface area contributed by atoms with Crippen molar-refractivity contribution in [3.05, 3.63) is 35.6 Å². The third-order valence-corrected chi connectivity index (χ3v) is 2.53. The molecule has 1 amide bonds. The lowest BCUT2D eigenvalue weighted by atomic mass is 10.2. The largest absolute Gasteiger partial charge is 0.508 e. The van der Waals surface area contributed by atoms with Gasteiger partial charge in [0.2, 0.25) is 0 Å². The molecule has 1 heterocycles. The van der Waals surface area contributed by atoms with Gasteiger partial charge in [-0.3, -0.25) is 9.69 Å². The second-order valence-electron chi connectivity index (χ2n) is 3.33. The standard InChI is InChI=1S/C11H9NO3S/c1-12-10(14)9(15-11(12)16)6-7-2-4-8(13)5-3-7/h2-6,13H,1H3/b9-6-. The number of nitrogens with zero attached hydrogens (tertiary/aromatic N) is 1. The van der Waals surface area contributed by atoms with E-state index in [1.165, 1.54) is 17.0 Å². The maximum Gasteiger partial charge on any atom is 0.296 e. The summed E-state index contributed by atoms with van der Waals surface area (Å²) in [4.78, 5) is 12.8. The third kappa shape index (κ3) is 1.90. The number of amides is 1. The first-order chi connectivity index (χ1) is 7.58. The second-order valence-corrected chi connectivity index (χ2v) is 3.68. The Kier molecular flexibility index (Phi) is 2.62. The number of aromatic hydroxyl groups is 1. The van der Waals surface area contributed by atoms with E-state index in [1.54, 1.807) is 25.3 Å². The minimum atomic E-state index is -0.266. The van der Waals surface area contributed by atoms with Gasteiger partial charge in [-0.15, -0.1) is 0 Å². The summed E-state index contributed by atoms with van der Waals surface area (Å²) in [6, 6.07) is 6.43. The van der Waals surface area contributed by atoms with E-state index in [1.807, 2.05) is 0 Å². The molecule has 0 aliphatic carbocycles. The predicted octanol–water partition coefficient (Wildman–Crippen LogP) is 1.51. The highest BCUT2D eigenvalue weighted by Gasteiger charge is 2.29. The average molecular weight is 235 g/mol. The SMILES string of the molecule is CN1C(=O)/C(=C/c2ccc(O)cc2)OC1=S. The lowest BCUT2D eigenvalue weighted by Crippen LogP contribution is -2.22. The highest BCUT2D eigenvalue weighted by Crippen LogP contribution is 2.19. The van der Waals surface area contributed by atoms with Crippen molar-refractivity contribution in [1.29, 1.82) is 0 Å². The summed E-state index contributed by atoms with van der Waals surface area (Å²) in [6.07, 6.45) is 1.58. The quantitative estimate of drug-likeness (QED) is 0.592. The van der Waals surface area contributed by atoms with Crippen molar-refractivity contribution in [2.45, 2.75) is 0 Å². The van der Waals surface area contributed by atoms with Crippen LogP contribution in [0.4, 0.5) is 0 Å². The number of phenolic OH excluding ortho intramolecular Hbond substituents is 1. The zero-order chi connectivity index (χ0) is 11.7. The van der Waals surface area contributed by atoms with Gasteiger partial charge in [-0.25, -0.2) is 0 Å². The molecule has 0 spiro atoms. The average Bonchev–Trinajstić information content (AvgIpc) is 2.50. The number of ether oxygens (including phenoxy) is 1. The summed E-state index contributed by atoms with van der Waals surface area (Å²) in [5, 5.41) is 9.25. The summed E-state index contributed by atoms with van der Waals surface area (Å²) >= 11 is 4.83. The maximum absolute atomic E-state index is 11.6. The van der Waals surface area contributed by atoms with Gasteiger partial charge in [0.25, 0.3) is 11.1 Å². The monoisotopic (exact) mass is 235 g/mol. The van der Waals surface area contributed by atoms with Crippen molar-refractivity contribution in [1.82, 2.24) is 4.90 Å². The van der Waals surface area contributed by atoms with Crippen LogP contribution in [-0.2, 0) is 9.53 Å². The van der Waals surface area contributed by atoms with Crippen LogP contribution in [0.1, 0.15) is 5.56 Å². The van der Waals surface area contributed by atoms with E-state index < -0.39 is 0 Å². The van der Waals surface area contributed by atoms with E-state index in [9.17, 15) is 4.79 Å². The van der Waals surface area contributed by atoms with Gasteiger partial charge in [0.05, 0.1) is 0 Å². The number of rotatable bonds is 1. The minimum absolute atomic E-state index is 0.148. The molecule has 1 N–H and O–H groups in total. The number of thiocarbonyl (C=S) groups is 1. The van der Waals surface area contributed by atoms with Crippen LogP contribution in [0.2, 0.25) is 0 Å². The summed E-state index contributed by atoms with van der Waals surface area (Å²) in [7, 11) is 1.56. The minimum Gasteiger partial charge on any atom is -0.508 e. The fourth-order valence-corrected chi connectivity index (χ4v) is 1.44. The van der Waals surface area contributed by atoms with Crippen LogP contribution in [0.3, 0.4) is 0 Å². The Morgan fingerprint density at radius 1 is 1.38 bits per heavy atom. The van der Waals surface area contributed by atoms with Crippen molar-refractivity contribution in [3.63, 3.8) is 0 Å². The number of phenols is 1. The van der Waals surface area contributed by atoms with Gasteiger partial charge in [0.1, 0.15) is 5.75 Å². The number of carbonyl (C=O) groups excluding carboxylic acids is 1. The van der Waals surface area contributed by atoms with Crippen LogP contribution in [0.5, 0.6) is 5.75 Å². The summed E-state index contributed by atoms with van der Waals surface area (Å²) in [6.45, 7) is 0. The molecule has 0 aromatic heterocycles. The number of carbonyl (C=O) groups is 1. The first kappa shape index (κ1) is 10.6. The highest BCUT2D eigenvalue weighted by atomic mass is 32.1. The number of hydrogen-bond acceptors (Lipinski definition) is 4. The second kappa shape index (κ2) is 3.94. The van der Waals surface area contributed by atoms with Crippen LogP contribution < -0.4 is 0 Å². The molecule has 0 radical (unpaired) electrons. The molecule has 1 aliphatic rings. The number of likely N-dealkylation sites (N-methyl/N-ethyl adjacent to an activating group) is 1. The lowest BCUT2D eigenvalue weighted by molar-refractivity contribution is -0.122. The van der Waals surface area contributed by atoms with Crippen molar-refractivity contribution in [2.24, 2.45) is 0 Å². The van der Waals surface area contributed by atoms with Gasteiger partial charge in [-0.05, 0) is 36.0 Å². The van der Waals surface area contributed by atoms with E-state index in [2.05, 4.69) is 0 Å². The normalized spacial score (nSPS) is 18.1. The molecule has 82 valence electrons. The summed E-state index contributed by atoms with van der Waals surface area (Å²) < 4.78 is 5.13. The first-order valence-electron chi connectivity index (χ1n) is 4.58. The van der Waals surface area contributed by atoms with Crippen molar-refractivity contribution in [2.75, 3.05) is 7.05 Å². The summed E-state index contributed by atoms with van der Waals surface area (Å²) in [5.74, 6) is 0.102. The topological polar surface area (TPSA) is 49.8 Å². The van der Waals surface area contributed by atoms with Crippen LogP contribution in [0, 0.1) is 0 Å². The maximum atomic E-state index is 11.6. The third-order valence-electron chi connectivity index (χ3n) is 2.18. The fourth-order valence-electron chi connectivity index (χ4n) is 1.27. The molecular formula is C11H9NO3S. The van der Waals surface area contributed by atoms with Crippen molar-refractivity contribution < 1.29 is 14.6 Å². The predicted molar refractivity (Wildman–Crippen MR) is 62.5 cm³/mol. The zero-order valence-corrected chi connectivity index (χ0v) is 9.32. The van der Waals surface area contributed by atoms with Gasteiger partial charge >= 0.3 is 0 Å². The molecule has 0 bridgehead atoms. The molecule has 0 unspecified atom stereocenters. The Hall–Kier alpha value is -1.88. The Balaban J connectivity index is 2.29. The first-order valence-corrected chi connectivity index (χ1v) is 4.99. The van der Waals surface area contributed by atoms with Crippen molar-refractivity contribution in [3.8, 4) is 5.75 Å². The molecule has 4 nitrogen and oxygen atoms in total. The van der Waals surface area contributed by atoms with Gasteiger partial charge in [0.15, 0.2) is 5.76 Å². The fraction of sp³-hybridized carbons (Fsp3) is 0.0909. The van der Waals surface area contributed by atoms with E-state index in [-0.39, 0.29) is 22.6 Å². The Bertz CT molecular complexity index is 479. The Labute approximate surface area is 97.7 Å². The van der Waals surface area contributed by atoms with E-state index in [0.717, 1.165) is 5.56 Å². The molecule has 5 heteroatoms. The number of hydrogen-bond donors (Lipinski definition) is 1. The summed E-state index contributed by atoms with van der Waals surface area (Å²) in [5.41, 5.74) is 0.763. The molecule has 1 saturated heterocycles. The van der Waals surface area contributed by atoms with Gasteiger partial charge < -0.3 is 9.84 Å². The van der Waals surface area contributed by atoms with Gasteiger partial charge in [-0.1, -0.05) is 12.1 Å². The molecule has 2 rings (SSSR count). The number of benzene rings is 1. The molecular weight excluding hydrogens is 226 g/mol. The molecule has 0 saturated carbocycles. The van der Waals surface area contributed by atoms with Crippen molar-refractivity contribution >= 4 is 29.4 Å².